The van der Waals surface area contributed by atoms with Crippen molar-refractivity contribution in [2.24, 2.45) is 5.14 Å². The van der Waals surface area contributed by atoms with E-state index in [4.69, 9.17) is 28.3 Å². The molecule has 1 aliphatic heterocycles. The Morgan fingerprint density at radius 2 is 1.85 bits per heavy atom. The third-order valence-corrected chi connectivity index (χ3v) is 5.64. The highest BCUT2D eigenvalue weighted by atomic mass is 35.5. The van der Waals surface area contributed by atoms with Gasteiger partial charge in [-0.2, -0.15) is 0 Å². The SMILES string of the molecule is NS(=O)(=O)c1cc(Cl)c(NC(=O)CN2CCCc3ccccc32)c(Cl)c1. The number of nitrogens with zero attached hydrogens (tertiary/aromatic N) is 1. The van der Waals surface area contributed by atoms with E-state index in [1.165, 1.54) is 5.56 Å². The average Bonchev–Trinajstić information content (AvgIpc) is 2.57. The van der Waals surface area contributed by atoms with Crippen LogP contribution in [-0.4, -0.2) is 27.4 Å². The Balaban J connectivity index is 1.78. The molecule has 0 aliphatic carbocycles. The predicted molar refractivity (Wildman–Crippen MR) is 103 cm³/mol. The first-order valence-electron chi connectivity index (χ1n) is 7.90. The van der Waals surface area contributed by atoms with Crippen LogP contribution in [0.25, 0.3) is 0 Å². The van der Waals surface area contributed by atoms with Crippen LogP contribution in [0, 0.1) is 0 Å². The molecule has 3 N–H and O–H groups in total. The summed E-state index contributed by atoms with van der Waals surface area (Å²) in [4.78, 5) is 14.2. The van der Waals surface area contributed by atoms with Gasteiger partial charge in [-0.25, -0.2) is 13.6 Å². The van der Waals surface area contributed by atoms with E-state index in [-0.39, 0.29) is 33.1 Å². The van der Waals surface area contributed by atoms with E-state index in [0.29, 0.717) is 0 Å². The molecule has 1 aliphatic rings. The zero-order valence-corrected chi connectivity index (χ0v) is 16.0. The lowest BCUT2D eigenvalue weighted by Crippen LogP contribution is -2.36. The molecule has 0 radical (unpaired) electrons. The fourth-order valence-electron chi connectivity index (χ4n) is 2.96. The zero-order chi connectivity index (χ0) is 18.9. The molecule has 0 atom stereocenters. The molecular weight excluding hydrogens is 397 g/mol. The van der Waals surface area contributed by atoms with Crippen molar-refractivity contribution in [1.82, 2.24) is 0 Å². The number of hydrogen-bond donors (Lipinski definition) is 2. The molecule has 2 aromatic rings. The van der Waals surface area contributed by atoms with Crippen molar-refractivity contribution in [2.75, 3.05) is 23.3 Å². The topological polar surface area (TPSA) is 92.5 Å². The van der Waals surface area contributed by atoms with Gasteiger partial charge in [0.2, 0.25) is 15.9 Å². The van der Waals surface area contributed by atoms with Crippen molar-refractivity contribution >= 4 is 50.5 Å². The summed E-state index contributed by atoms with van der Waals surface area (Å²) in [6, 6.07) is 10.3. The molecule has 0 saturated heterocycles. The Bertz CT molecular complexity index is 940. The fraction of sp³-hybridized carbons (Fsp3) is 0.235. The van der Waals surface area contributed by atoms with Gasteiger partial charge in [0.15, 0.2) is 0 Å². The van der Waals surface area contributed by atoms with Crippen LogP contribution in [0.1, 0.15) is 12.0 Å². The first-order valence-corrected chi connectivity index (χ1v) is 10.2. The molecular formula is C17H17Cl2N3O3S. The number of primary sulfonamides is 1. The number of nitrogens with one attached hydrogen (secondary N) is 1. The molecule has 9 heteroatoms. The molecule has 26 heavy (non-hydrogen) atoms. The Labute approximate surface area is 161 Å². The van der Waals surface area contributed by atoms with Crippen molar-refractivity contribution < 1.29 is 13.2 Å². The van der Waals surface area contributed by atoms with Gasteiger partial charge in [-0.15, -0.1) is 0 Å². The summed E-state index contributed by atoms with van der Waals surface area (Å²) < 4.78 is 22.8. The van der Waals surface area contributed by atoms with Gasteiger partial charge in [0.05, 0.1) is 27.2 Å². The number of carbonyl (C=O) groups excluding carboxylic acids is 1. The van der Waals surface area contributed by atoms with E-state index in [9.17, 15) is 13.2 Å². The standard InChI is InChI=1S/C17H17Cl2N3O3S/c18-13-8-12(26(20,24)25)9-14(19)17(13)21-16(23)10-22-7-3-5-11-4-1-2-6-15(11)22/h1-2,4,6,8-9H,3,5,7,10H2,(H,21,23)(H2,20,24,25). The molecule has 6 nitrogen and oxygen atoms in total. The summed E-state index contributed by atoms with van der Waals surface area (Å²) in [5.74, 6) is -0.297. The number of rotatable bonds is 4. The first-order chi connectivity index (χ1) is 12.3. The molecule has 0 bridgehead atoms. The molecule has 0 aromatic heterocycles. The number of nitrogens with two attached hydrogens (primary N) is 1. The van der Waals surface area contributed by atoms with Crippen LogP contribution in [0.15, 0.2) is 41.3 Å². The summed E-state index contributed by atoms with van der Waals surface area (Å²) >= 11 is 12.2. The first kappa shape index (κ1) is 19.0. The normalized spacial score (nSPS) is 14.0. The van der Waals surface area contributed by atoms with E-state index < -0.39 is 10.0 Å². The number of sulfonamides is 1. The number of aryl methyl sites for hydroxylation is 1. The Morgan fingerprint density at radius 1 is 1.19 bits per heavy atom. The Kier molecular flexibility index (Phi) is 5.43. The summed E-state index contributed by atoms with van der Waals surface area (Å²) in [6.07, 6.45) is 1.95. The fourth-order valence-corrected chi connectivity index (χ4v) is 4.24. The third kappa shape index (κ3) is 4.12. The van der Waals surface area contributed by atoms with Crippen LogP contribution in [0.3, 0.4) is 0 Å². The summed E-state index contributed by atoms with van der Waals surface area (Å²) in [7, 11) is -3.94. The van der Waals surface area contributed by atoms with Gasteiger partial charge < -0.3 is 10.2 Å². The van der Waals surface area contributed by atoms with Gasteiger partial charge in [0, 0.05) is 12.2 Å². The minimum Gasteiger partial charge on any atom is -0.362 e. The molecule has 1 heterocycles. The highest BCUT2D eigenvalue weighted by Crippen LogP contribution is 2.33. The second kappa shape index (κ2) is 7.44. The summed E-state index contributed by atoms with van der Waals surface area (Å²) in [5.41, 5.74) is 2.41. The van der Waals surface area contributed by atoms with Crippen molar-refractivity contribution in [3.63, 3.8) is 0 Å². The quantitative estimate of drug-likeness (QED) is 0.805. The van der Waals surface area contributed by atoms with Crippen LogP contribution in [0.4, 0.5) is 11.4 Å². The molecule has 1 amide bonds. The zero-order valence-electron chi connectivity index (χ0n) is 13.7. The van der Waals surface area contributed by atoms with Gasteiger partial charge in [0.25, 0.3) is 0 Å². The lowest BCUT2D eigenvalue weighted by molar-refractivity contribution is -0.115. The number of anilines is 2. The van der Waals surface area contributed by atoms with Crippen molar-refractivity contribution in [3.05, 3.63) is 52.0 Å². The van der Waals surface area contributed by atoms with E-state index in [1.807, 2.05) is 23.1 Å². The van der Waals surface area contributed by atoms with E-state index in [1.54, 1.807) is 0 Å². The highest BCUT2D eigenvalue weighted by molar-refractivity contribution is 7.89. The molecule has 3 rings (SSSR count). The van der Waals surface area contributed by atoms with Gasteiger partial charge in [-0.1, -0.05) is 41.4 Å². The van der Waals surface area contributed by atoms with Gasteiger partial charge in [-0.3, -0.25) is 4.79 Å². The Hall–Kier alpha value is -1.80. The van der Waals surface area contributed by atoms with E-state index in [2.05, 4.69) is 11.4 Å². The maximum atomic E-state index is 12.5. The molecule has 0 spiro atoms. The second-order valence-corrected chi connectivity index (χ2v) is 8.38. The molecule has 0 fully saturated rings. The number of para-hydroxylation sites is 1. The van der Waals surface area contributed by atoms with E-state index >= 15 is 0 Å². The number of hydrogen-bond acceptors (Lipinski definition) is 4. The second-order valence-electron chi connectivity index (χ2n) is 6.01. The van der Waals surface area contributed by atoms with E-state index in [0.717, 1.165) is 37.2 Å². The number of halogens is 2. The third-order valence-electron chi connectivity index (χ3n) is 4.15. The minimum atomic E-state index is -3.94. The van der Waals surface area contributed by atoms with Crippen LogP contribution in [0.2, 0.25) is 10.0 Å². The van der Waals surface area contributed by atoms with Crippen LogP contribution in [-0.2, 0) is 21.2 Å². The maximum absolute atomic E-state index is 12.5. The van der Waals surface area contributed by atoms with Gasteiger partial charge in [-0.05, 0) is 36.6 Å². The number of benzene rings is 2. The number of fused-ring (bicyclic) bond motifs is 1. The molecule has 138 valence electrons. The monoisotopic (exact) mass is 413 g/mol. The molecule has 0 unspecified atom stereocenters. The van der Waals surface area contributed by atoms with Crippen LogP contribution in [0.5, 0.6) is 0 Å². The van der Waals surface area contributed by atoms with Crippen molar-refractivity contribution in [1.29, 1.82) is 0 Å². The highest BCUT2D eigenvalue weighted by Gasteiger charge is 2.21. The minimum absolute atomic E-state index is 0.00826. The summed E-state index contributed by atoms with van der Waals surface area (Å²) in [5, 5.41) is 7.75. The van der Waals surface area contributed by atoms with Crippen LogP contribution >= 0.6 is 23.2 Å². The number of amides is 1. The van der Waals surface area contributed by atoms with Crippen LogP contribution < -0.4 is 15.4 Å². The van der Waals surface area contributed by atoms with Crippen molar-refractivity contribution in [3.8, 4) is 0 Å². The number of carbonyl (C=O) groups is 1. The van der Waals surface area contributed by atoms with Gasteiger partial charge >= 0.3 is 0 Å². The summed E-state index contributed by atoms with van der Waals surface area (Å²) in [6.45, 7) is 0.914. The maximum Gasteiger partial charge on any atom is 0.243 e. The van der Waals surface area contributed by atoms with Crippen molar-refractivity contribution in [2.45, 2.75) is 17.7 Å². The lowest BCUT2D eigenvalue weighted by Gasteiger charge is -2.30. The predicted octanol–water partition coefficient (Wildman–Crippen LogP) is 3.03. The lowest BCUT2D eigenvalue weighted by atomic mass is 10.0. The largest absolute Gasteiger partial charge is 0.362 e. The Morgan fingerprint density at radius 3 is 2.50 bits per heavy atom. The smallest absolute Gasteiger partial charge is 0.243 e. The molecule has 2 aromatic carbocycles. The van der Waals surface area contributed by atoms with Gasteiger partial charge in [0.1, 0.15) is 0 Å². The molecule has 0 saturated carbocycles. The average molecular weight is 414 g/mol.